The van der Waals surface area contributed by atoms with Crippen molar-refractivity contribution in [3.63, 3.8) is 0 Å². The fourth-order valence-corrected chi connectivity index (χ4v) is 3.06. The zero-order valence-electron chi connectivity index (χ0n) is 11.0. The van der Waals surface area contributed by atoms with Gasteiger partial charge in [0.15, 0.2) is 0 Å². The van der Waals surface area contributed by atoms with Gasteiger partial charge in [0.1, 0.15) is 5.75 Å². The van der Waals surface area contributed by atoms with E-state index in [1.54, 1.807) is 7.11 Å². The second-order valence-corrected chi connectivity index (χ2v) is 5.67. The summed E-state index contributed by atoms with van der Waals surface area (Å²) in [5.74, 6) is 0.773. The molecule has 0 saturated carbocycles. The van der Waals surface area contributed by atoms with Gasteiger partial charge >= 0.3 is 0 Å². The smallest absolute Gasteiger partial charge is 0.120 e. The highest BCUT2D eigenvalue weighted by atomic mass is 79.9. The lowest BCUT2D eigenvalue weighted by Gasteiger charge is -2.14. The van der Waals surface area contributed by atoms with Crippen molar-refractivity contribution < 1.29 is 4.74 Å². The molecular formula is C16H16BrClO. The molecule has 0 aliphatic rings. The number of alkyl halides is 1. The summed E-state index contributed by atoms with van der Waals surface area (Å²) in [5.41, 5.74) is 3.58. The second kappa shape index (κ2) is 6.44. The van der Waals surface area contributed by atoms with E-state index >= 15 is 0 Å². The quantitative estimate of drug-likeness (QED) is 0.678. The largest absolute Gasteiger partial charge is 0.497 e. The molecule has 0 heterocycles. The van der Waals surface area contributed by atoms with Crippen molar-refractivity contribution in [2.24, 2.45) is 0 Å². The molecule has 3 heteroatoms. The molecule has 0 aliphatic heterocycles. The predicted molar refractivity (Wildman–Crippen MR) is 84.6 cm³/mol. The maximum absolute atomic E-state index is 6.30. The van der Waals surface area contributed by atoms with E-state index < -0.39 is 0 Å². The van der Waals surface area contributed by atoms with E-state index in [-0.39, 0.29) is 4.83 Å². The van der Waals surface area contributed by atoms with Crippen molar-refractivity contribution in [2.45, 2.75) is 18.2 Å². The summed E-state index contributed by atoms with van der Waals surface area (Å²) in [4.78, 5) is 0.0943. The minimum absolute atomic E-state index is 0.0943. The van der Waals surface area contributed by atoms with E-state index in [1.807, 2.05) is 18.2 Å². The van der Waals surface area contributed by atoms with Crippen LogP contribution in [0.3, 0.4) is 0 Å². The molecule has 0 aromatic heterocycles. The SMILES string of the molecule is CCc1ccc(C(Br)c2ccc(OC)cc2Cl)cc1. The molecule has 2 aromatic rings. The van der Waals surface area contributed by atoms with Gasteiger partial charge in [0, 0.05) is 5.02 Å². The predicted octanol–water partition coefficient (Wildman–Crippen LogP) is 5.40. The number of methoxy groups -OCH3 is 1. The molecular weight excluding hydrogens is 324 g/mol. The van der Waals surface area contributed by atoms with E-state index in [1.165, 1.54) is 11.1 Å². The zero-order valence-corrected chi connectivity index (χ0v) is 13.3. The summed E-state index contributed by atoms with van der Waals surface area (Å²) >= 11 is 10.0. The monoisotopic (exact) mass is 338 g/mol. The maximum atomic E-state index is 6.30. The molecule has 100 valence electrons. The van der Waals surface area contributed by atoms with Crippen LogP contribution in [0.4, 0.5) is 0 Å². The Kier molecular flexibility index (Phi) is 4.89. The van der Waals surface area contributed by atoms with E-state index in [0.717, 1.165) is 17.7 Å². The van der Waals surface area contributed by atoms with Crippen LogP contribution in [0.15, 0.2) is 42.5 Å². The first-order valence-corrected chi connectivity index (χ1v) is 7.51. The van der Waals surface area contributed by atoms with Crippen LogP contribution in [0, 0.1) is 0 Å². The van der Waals surface area contributed by atoms with Gasteiger partial charge in [-0.1, -0.05) is 64.8 Å². The van der Waals surface area contributed by atoms with E-state index in [0.29, 0.717) is 5.02 Å². The number of rotatable bonds is 4. The maximum Gasteiger partial charge on any atom is 0.120 e. The Morgan fingerprint density at radius 3 is 2.37 bits per heavy atom. The van der Waals surface area contributed by atoms with Crippen molar-refractivity contribution in [2.75, 3.05) is 7.11 Å². The number of hydrogen-bond acceptors (Lipinski definition) is 1. The second-order valence-electron chi connectivity index (χ2n) is 4.35. The third-order valence-electron chi connectivity index (χ3n) is 3.16. The van der Waals surface area contributed by atoms with Crippen LogP contribution in [0.25, 0.3) is 0 Å². The van der Waals surface area contributed by atoms with E-state index in [4.69, 9.17) is 16.3 Å². The van der Waals surface area contributed by atoms with Gasteiger partial charge in [0.2, 0.25) is 0 Å². The van der Waals surface area contributed by atoms with Crippen molar-refractivity contribution >= 4 is 27.5 Å². The molecule has 2 aromatic carbocycles. The third kappa shape index (κ3) is 3.31. The van der Waals surface area contributed by atoms with Crippen LogP contribution < -0.4 is 4.74 Å². The summed E-state index contributed by atoms with van der Waals surface area (Å²) < 4.78 is 5.17. The first-order valence-electron chi connectivity index (χ1n) is 6.22. The van der Waals surface area contributed by atoms with Crippen LogP contribution in [0.1, 0.15) is 28.4 Å². The highest BCUT2D eigenvalue weighted by Gasteiger charge is 2.14. The van der Waals surface area contributed by atoms with Gasteiger partial charge in [-0.15, -0.1) is 0 Å². The number of halogens is 2. The average Bonchev–Trinajstić information content (AvgIpc) is 2.46. The average molecular weight is 340 g/mol. The highest BCUT2D eigenvalue weighted by molar-refractivity contribution is 9.09. The molecule has 0 saturated heterocycles. The van der Waals surface area contributed by atoms with E-state index in [9.17, 15) is 0 Å². The normalized spacial score (nSPS) is 12.2. The fourth-order valence-electron chi connectivity index (χ4n) is 1.94. The molecule has 2 rings (SSSR count). The third-order valence-corrected chi connectivity index (χ3v) is 4.51. The Labute approximate surface area is 127 Å². The van der Waals surface area contributed by atoms with Gasteiger partial charge in [0.05, 0.1) is 11.9 Å². The van der Waals surface area contributed by atoms with Crippen LogP contribution in [-0.4, -0.2) is 7.11 Å². The molecule has 1 unspecified atom stereocenters. The van der Waals surface area contributed by atoms with Crippen LogP contribution in [0.5, 0.6) is 5.75 Å². The molecule has 0 radical (unpaired) electrons. The van der Waals surface area contributed by atoms with Crippen LogP contribution in [0.2, 0.25) is 5.02 Å². The first-order chi connectivity index (χ1) is 9.15. The number of benzene rings is 2. The van der Waals surface area contributed by atoms with Crippen molar-refractivity contribution in [1.82, 2.24) is 0 Å². The standard InChI is InChI=1S/C16H16BrClO/c1-3-11-4-6-12(7-5-11)16(17)14-9-8-13(19-2)10-15(14)18/h4-10,16H,3H2,1-2H3. The van der Waals surface area contributed by atoms with Gasteiger partial charge in [-0.05, 0) is 35.2 Å². The molecule has 19 heavy (non-hydrogen) atoms. The van der Waals surface area contributed by atoms with Gasteiger partial charge in [-0.3, -0.25) is 0 Å². The molecule has 0 fully saturated rings. The molecule has 0 spiro atoms. The van der Waals surface area contributed by atoms with Crippen LogP contribution >= 0.6 is 27.5 Å². The van der Waals surface area contributed by atoms with Crippen molar-refractivity contribution in [1.29, 1.82) is 0 Å². The Morgan fingerprint density at radius 1 is 1.16 bits per heavy atom. The first kappa shape index (κ1) is 14.4. The molecule has 0 N–H and O–H groups in total. The summed E-state index contributed by atoms with van der Waals surface area (Å²) in [6.45, 7) is 2.15. The van der Waals surface area contributed by atoms with Crippen molar-refractivity contribution in [3.8, 4) is 5.75 Å². The number of aryl methyl sites for hydroxylation is 1. The zero-order chi connectivity index (χ0) is 13.8. The van der Waals surface area contributed by atoms with Gasteiger partial charge in [-0.2, -0.15) is 0 Å². The fraction of sp³-hybridized carbons (Fsp3) is 0.250. The molecule has 0 amide bonds. The lowest BCUT2D eigenvalue weighted by molar-refractivity contribution is 0.414. The van der Waals surface area contributed by atoms with E-state index in [2.05, 4.69) is 47.1 Å². The van der Waals surface area contributed by atoms with Crippen LogP contribution in [-0.2, 0) is 6.42 Å². The molecule has 0 aliphatic carbocycles. The van der Waals surface area contributed by atoms with Gasteiger partial charge in [0.25, 0.3) is 0 Å². The van der Waals surface area contributed by atoms with Crippen molar-refractivity contribution in [3.05, 3.63) is 64.2 Å². The minimum Gasteiger partial charge on any atom is -0.497 e. The number of ether oxygens (including phenoxy) is 1. The Balaban J connectivity index is 2.29. The lowest BCUT2D eigenvalue weighted by atomic mass is 10.0. The topological polar surface area (TPSA) is 9.23 Å². The summed E-state index contributed by atoms with van der Waals surface area (Å²) in [5, 5.41) is 0.709. The molecule has 0 bridgehead atoms. The Bertz CT molecular complexity index is 551. The molecule has 1 nitrogen and oxygen atoms in total. The summed E-state index contributed by atoms with van der Waals surface area (Å²) in [7, 11) is 1.64. The number of hydrogen-bond donors (Lipinski definition) is 0. The Hall–Kier alpha value is -0.990. The summed E-state index contributed by atoms with van der Waals surface area (Å²) in [6.07, 6.45) is 1.05. The minimum atomic E-state index is 0.0943. The lowest BCUT2D eigenvalue weighted by Crippen LogP contribution is -1.95. The molecule has 1 atom stereocenters. The van der Waals surface area contributed by atoms with Gasteiger partial charge < -0.3 is 4.74 Å². The van der Waals surface area contributed by atoms with Gasteiger partial charge in [-0.25, -0.2) is 0 Å². The highest BCUT2D eigenvalue weighted by Crippen LogP contribution is 2.36. The Morgan fingerprint density at radius 2 is 1.84 bits per heavy atom. The summed E-state index contributed by atoms with van der Waals surface area (Å²) in [6, 6.07) is 14.3.